The van der Waals surface area contributed by atoms with E-state index >= 15 is 0 Å². The number of hydrogen-bond acceptors (Lipinski definition) is 4. The van der Waals surface area contributed by atoms with Gasteiger partial charge in [-0.3, -0.25) is 14.3 Å². The van der Waals surface area contributed by atoms with E-state index in [1.807, 2.05) is 34.7 Å². The molecule has 0 aliphatic heterocycles. The largest absolute Gasteiger partial charge is 0.497 e. The predicted octanol–water partition coefficient (Wildman–Crippen LogP) is 0.916. The highest BCUT2D eigenvalue weighted by Crippen LogP contribution is 2.18. The van der Waals surface area contributed by atoms with Crippen LogP contribution < -0.4 is 20.3 Å². The first-order chi connectivity index (χ1) is 13.3. The Morgan fingerprint density at radius 2 is 1.86 bits per heavy atom. The van der Waals surface area contributed by atoms with Crippen molar-refractivity contribution in [2.24, 2.45) is 7.05 Å². The lowest BCUT2D eigenvalue weighted by atomic mass is 10.2. The van der Waals surface area contributed by atoms with E-state index < -0.39 is 0 Å². The van der Waals surface area contributed by atoms with Crippen LogP contribution in [0, 0.1) is 13.8 Å². The molecule has 0 saturated carbocycles. The first-order valence-electron chi connectivity index (χ1n) is 9.36. The molecule has 2 amide bonds. The van der Waals surface area contributed by atoms with Crippen molar-refractivity contribution in [2.75, 3.05) is 30.8 Å². The van der Waals surface area contributed by atoms with Gasteiger partial charge in [0.15, 0.2) is 12.6 Å². The number of hydrogen-bond donors (Lipinski definition) is 3. The number of nitrogens with one attached hydrogen (secondary N) is 3. The Hall–Kier alpha value is -2.87. The maximum Gasteiger partial charge on any atom is 0.282 e. The Labute approximate surface area is 165 Å². The van der Waals surface area contributed by atoms with Gasteiger partial charge in [0.2, 0.25) is 0 Å². The molecule has 0 radical (unpaired) electrons. The van der Waals surface area contributed by atoms with Gasteiger partial charge in [0.25, 0.3) is 11.8 Å². The summed E-state index contributed by atoms with van der Waals surface area (Å²) >= 11 is 0. The minimum Gasteiger partial charge on any atom is -0.497 e. The molecule has 2 rings (SSSR count). The summed E-state index contributed by atoms with van der Waals surface area (Å²) < 4.78 is 6.85. The third kappa shape index (κ3) is 5.10. The number of aromatic nitrogens is 2. The maximum absolute atomic E-state index is 12.7. The lowest BCUT2D eigenvalue weighted by Crippen LogP contribution is -3.17. The number of carbonyl (C=O) groups is 2. The summed E-state index contributed by atoms with van der Waals surface area (Å²) in [4.78, 5) is 26.0. The minimum absolute atomic E-state index is 0.131. The molecule has 0 aliphatic carbocycles. The standard InChI is InChI=1S/C20H29N5O3/c1-7-25(12-18(26)21-16-8-10-17(28-6)11-9-16)15(4)20(27)22-19-13(2)23-24(5)14(19)3/h8-11,15H,7,12H2,1-6H3,(H,21,26)(H,22,27)/p+1/t15-/m1/s1. The van der Waals surface area contributed by atoms with Gasteiger partial charge in [-0.2, -0.15) is 5.10 Å². The normalized spacial score (nSPS) is 12.9. The van der Waals surface area contributed by atoms with E-state index in [4.69, 9.17) is 4.74 Å². The van der Waals surface area contributed by atoms with E-state index in [0.717, 1.165) is 27.7 Å². The number of carbonyl (C=O) groups excluding carboxylic acids is 2. The molecule has 1 aromatic carbocycles. The molecule has 28 heavy (non-hydrogen) atoms. The van der Waals surface area contributed by atoms with Gasteiger partial charge in [0, 0.05) is 12.7 Å². The Balaban J connectivity index is 1.98. The zero-order chi connectivity index (χ0) is 20.8. The van der Waals surface area contributed by atoms with Gasteiger partial charge < -0.3 is 20.3 Å². The average Bonchev–Trinajstić information content (AvgIpc) is 2.92. The minimum atomic E-state index is -0.384. The molecule has 0 saturated heterocycles. The van der Waals surface area contributed by atoms with Crippen LogP contribution in [0.3, 0.4) is 0 Å². The highest BCUT2D eigenvalue weighted by atomic mass is 16.5. The summed E-state index contributed by atoms with van der Waals surface area (Å²) in [7, 11) is 3.44. The van der Waals surface area contributed by atoms with Crippen LogP contribution in [0.5, 0.6) is 5.75 Å². The fourth-order valence-corrected chi connectivity index (χ4v) is 3.04. The quantitative estimate of drug-likeness (QED) is 0.627. The van der Waals surface area contributed by atoms with Gasteiger partial charge in [0.05, 0.1) is 30.7 Å². The number of anilines is 2. The zero-order valence-electron chi connectivity index (χ0n) is 17.4. The Morgan fingerprint density at radius 3 is 2.36 bits per heavy atom. The van der Waals surface area contributed by atoms with Gasteiger partial charge in [-0.25, -0.2) is 0 Å². The number of amides is 2. The first kappa shape index (κ1) is 21.4. The van der Waals surface area contributed by atoms with Crippen LogP contribution in [0.4, 0.5) is 11.4 Å². The van der Waals surface area contributed by atoms with E-state index in [0.29, 0.717) is 12.2 Å². The van der Waals surface area contributed by atoms with E-state index in [1.165, 1.54) is 0 Å². The summed E-state index contributed by atoms with van der Waals surface area (Å²) in [5.41, 5.74) is 3.10. The van der Waals surface area contributed by atoms with E-state index in [9.17, 15) is 9.59 Å². The van der Waals surface area contributed by atoms with Crippen LogP contribution >= 0.6 is 0 Å². The van der Waals surface area contributed by atoms with Crippen LogP contribution in [0.15, 0.2) is 24.3 Å². The van der Waals surface area contributed by atoms with Gasteiger partial charge >= 0.3 is 0 Å². The van der Waals surface area contributed by atoms with E-state index in [2.05, 4.69) is 15.7 Å². The monoisotopic (exact) mass is 388 g/mol. The molecule has 3 N–H and O–H groups in total. The van der Waals surface area contributed by atoms with Crippen molar-refractivity contribution < 1.29 is 19.2 Å². The summed E-state index contributed by atoms with van der Waals surface area (Å²) in [5, 5.41) is 10.1. The third-order valence-electron chi connectivity index (χ3n) is 4.98. The molecular formula is C20H30N5O3+. The van der Waals surface area contributed by atoms with Crippen molar-refractivity contribution >= 4 is 23.2 Å². The molecule has 2 atom stereocenters. The van der Waals surface area contributed by atoms with Gasteiger partial charge in [-0.05, 0) is 52.0 Å². The number of ether oxygens (including phenoxy) is 1. The molecule has 1 unspecified atom stereocenters. The van der Waals surface area contributed by atoms with Crippen LogP contribution in [0.2, 0.25) is 0 Å². The molecule has 8 nitrogen and oxygen atoms in total. The Bertz CT molecular complexity index is 829. The molecule has 1 heterocycles. The molecule has 1 aromatic heterocycles. The highest BCUT2D eigenvalue weighted by Gasteiger charge is 2.27. The summed E-state index contributed by atoms with van der Waals surface area (Å²) in [6.45, 7) is 8.40. The number of likely N-dealkylation sites (N-methyl/N-ethyl adjacent to an activating group) is 1. The van der Waals surface area contributed by atoms with Crippen LogP contribution in [0.25, 0.3) is 0 Å². The van der Waals surface area contributed by atoms with Crippen LogP contribution in [-0.4, -0.2) is 47.8 Å². The Morgan fingerprint density at radius 1 is 1.21 bits per heavy atom. The van der Waals surface area contributed by atoms with Crippen molar-refractivity contribution in [3.8, 4) is 5.75 Å². The summed E-state index contributed by atoms with van der Waals surface area (Å²) in [6, 6.07) is 6.76. The molecule has 0 fully saturated rings. The number of benzene rings is 1. The zero-order valence-corrected chi connectivity index (χ0v) is 17.4. The predicted molar refractivity (Wildman–Crippen MR) is 109 cm³/mol. The second-order valence-corrected chi connectivity index (χ2v) is 6.85. The second-order valence-electron chi connectivity index (χ2n) is 6.85. The average molecular weight is 388 g/mol. The highest BCUT2D eigenvalue weighted by molar-refractivity contribution is 5.95. The molecule has 8 heteroatoms. The lowest BCUT2D eigenvalue weighted by molar-refractivity contribution is -0.904. The number of nitrogens with zero attached hydrogens (tertiary/aromatic N) is 2. The summed E-state index contributed by atoms with van der Waals surface area (Å²) in [5.74, 6) is 0.453. The summed E-state index contributed by atoms with van der Waals surface area (Å²) in [6.07, 6.45) is 0. The van der Waals surface area contributed by atoms with Crippen molar-refractivity contribution in [2.45, 2.75) is 33.7 Å². The van der Waals surface area contributed by atoms with E-state index in [-0.39, 0.29) is 24.4 Å². The van der Waals surface area contributed by atoms with Crippen LogP contribution in [-0.2, 0) is 16.6 Å². The molecule has 152 valence electrons. The smallest absolute Gasteiger partial charge is 0.282 e. The number of methoxy groups -OCH3 is 1. The van der Waals surface area contributed by atoms with Crippen molar-refractivity contribution in [1.82, 2.24) is 9.78 Å². The van der Waals surface area contributed by atoms with Crippen molar-refractivity contribution in [3.05, 3.63) is 35.7 Å². The SMILES string of the molecule is CC[NH+](CC(=O)Nc1ccc(OC)cc1)[C@H](C)C(=O)Nc1c(C)nn(C)c1C. The molecule has 0 aliphatic rings. The lowest BCUT2D eigenvalue weighted by Gasteiger charge is -2.23. The van der Waals surface area contributed by atoms with E-state index in [1.54, 1.807) is 36.1 Å². The molecule has 0 bridgehead atoms. The maximum atomic E-state index is 12.7. The second kappa shape index (κ2) is 9.36. The Kier molecular flexibility index (Phi) is 7.17. The topological polar surface area (TPSA) is 89.7 Å². The molecular weight excluding hydrogens is 358 g/mol. The van der Waals surface area contributed by atoms with Crippen molar-refractivity contribution in [1.29, 1.82) is 0 Å². The molecule has 0 spiro atoms. The number of quaternary nitrogens is 1. The first-order valence-corrected chi connectivity index (χ1v) is 9.36. The van der Waals surface area contributed by atoms with Gasteiger partial charge in [-0.1, -0.05) is 0 Å². The van der Waals surface area contributed by atoms with Crippen LogP contribution in [0.1, 0.15) is 25.2 Å². The van der Waals surface area contributed by atoms with Gasteiger partial charge in [-0.15, -0.1) is 0 Å². The third-order valence-corrected chi connectivity index (χ3v) is 4.98. The van der Waals surface area contributed by atoms with Gasteiger partial charge in [0.1, 0.15) is 5.75 Å². The number of rotatable bonds is 8. The molecule has 2 aromatic rings. The fourth-order valence-electron chi connectivity index (χ4n) is 3.04. The van der Waals surface area contributed by atoms with Crippen molar-refractivity contribution in [3.63, 3.8) is 0 Å². The fraction of sp³-hybridized carbons (Fsp3) is 0.450. The number of aryl methyl sites for hydroxylation is 2.